The molecule has 2 rings (SSSR count). The Morgan fingerprint density at radius 2 is 2.10 bits per heavy atom. The molecule has 104 valence electrons. The fourth-order valence-electron chi connectivity index (χ4n) is 1.48. The fourth-order valence-corrected chi connectivity index (χ4v) is 3.68. The second-order valence-electron chi connectivity index (χ2n) is 3.91. The van der Waals surface area contributed by atoms with Crippen LogP contribution in [0, 0.1) is 17.0 Å². The minimum Gasteiger partial charge on any atom is -0.481 e. The smallest absolute Gasteiger partial charge is 0.308 e. The quantitative estimate of drug-likeness (QED) is 0.673. The molecule has 0 spiro atoms. The van der Waals surface area contributed by atoms with Gasteiger partial charge in [0.05, 0.1) is 17.0 Å². The van der Waals surface area contributed by atoms with Crippen molar-refractivity contribution in [2.45, 2.75) is 22.6 Å². The molecule has 2 aromatic rings. The van der Waals surface area contributed by atoms with Crippen molar-refractivity contribution >= 4 is 34.8 Å². The molecule has 0 aliphatic heterocycles. The highest BCUT2D eigenvalue weighted by atomic mass is 32.2. The van der Waals surface area contributed by atoms with Gasteiger partial charge >= 0.3 is 5.97 Å². The number of thiazole rings is 1. The maximum absolute atomic E-state index is 10.7. The summed E-state index contributed by atoms with van der Waals surface area (Å²) in [5, 5.41) is 19.3. The highest BCUT2D eigenvalue weighted by Crippen LogP contribution is 2.33. The Balaban J connectivity index is 2.13. The van der Waals surface area contributed by atoms with Crippen molar-refractivity contribution in [2.75, 3.05) is 0 Å². The molecular formula is C12H10N2O4S2. The zero-order valence-electron chi connectivity index (χ0n) is 10.4. The van der Waals surface area contributed by atoms with Crippen molar-refractivity contribution in [3.8, 4) is 0 Å². The normalized spacial score (nSPS) is 10.4. The average molecular weight is 310 g/mol. The molecule has 1 aromatic carbocycles. The molecule has 0 fully saturated rings. The number of nitro benzene ring substituents is 1. The molecule has 0 saturated heterocycles. The van der Waals surface area contributed by atoms with Crippen LogP contribution >= 0.6 is 23.1 Å². The zero-order chi connectivity index (χ0) is 14.7. The van der Waals surface area contributed by atoms with Crippen molar-refractivity contribution in [1.82, 2.24) is 4.98 Å². The van der Waals surface area contributed by atoms with Crippen LogP contribution in [0.15, 0.2) is 33.5 Å². The predicted molar refractivity (Wildman–Crippen MR) is 75.4 cm³/mol. The van der Waals surface area contributed by atoms with Crippen molar-refractivity contribution in [2.24, 2.45) is 0 Å². The molecule has 0 aliphatic rings. The van der Waals surface area contributed by atoms with Crippen LogP contribution < -0.4 is 0 Å². The highest BCUT2D eigenvalue weighted by molar-refractivity contribution is 8.01. The van der Waals surface area contributed by atoms with Crippen LogP contribution in [0.4, 0.5) is 5.69 Å². The van der Waals surface area contributed by atoms with Gasteiger partial charge in [-0.05, 0) is 19.1 Å². The monoisotopic (exact) mass is 310 g/mol. The molecule has 1 N–H and O–H groups in total. The summed E-state index contributed by atoms with van der Waals surface area (Å²) in [6.45, 7) is 1.77. The van der Waals surface area contributed by atoms with Gasteiger partial charge in [-0.2, -0.15) is 0 Å². The molecule has 0 radical (unpaired) electrons. The Hall–Kier alpha value is -1.93. The first-order valence-corrected chi connectivity index (χ1v) is 7.19. The second kappa shape index (κ2) is 6.02. The van der Waals surface area contributed by atoms with Crippen molar-refractivity contribution in [3.63, 3.8) is 0 Å². The van der Waals surface area contributed by atoms with Crippen LogP contribution in [0.1, 0.15) is 10.6 Å². The van der Waals surface area contributed by atoms with Gasteiger partial charge in [-0.25, -0.2) is 4.98 Å². The lowest BCUT2D eigenvalue weighted by Crippen LogP contribution is -1.99. The third-order valence-electron chi connectivity index (χ3n) is 2.44. The molecule has 0 atom stereocenters. The molecule has 0 amide bonds. The number of carboxylic acids is 1. The topological polar surface area (TPSA) is 93.3 Å². The van der Waals surface area contributed by atoms with Crippen molar-refractivity contribution < 1.29 is 14.8 Å². The predicted octanol–water partition coefficient (Wildman–Crippen LogP) is 3.14. The molecule has 6 nitrogen and oxygen atoms in total. The number of nitro groups is 1. The molecule has 0 saturated carbocycles. The van der Waals surface area contributed by atoms with Gasteiger partial charge in [0, 0.05) is 21.9 Å². The SMILES string of the molecule is Cc1nc(Sc2ccc([N+](=O)[O-])cc2)sc1CC(=O)O. The highest BCUT2D eigenvalue weighted by Gasteiger charge is 2.12. The maximum Gasteiger partial charge on any atom is 0.308 e. The summed E-state index contributed by atoms with van der Waals surface area (Å²) in [5.41, 5.74) is 0.748. The van der Waals surface area contributed by atoms with Crippen LogP contribution in [0.3, 0.4) is 0 Å². The molecule has 8 heteroatoms. The summed E-state index contributed by atoms with van der Waals surface area (Å²) in [7, 11) is 0. The van der Waals surface area contributed by atoms with Gasteiger partial charge in [-0.15, -0.1) is 11.3 Å². The number of hydrogen-bond donors (Lipinski definition) is 1. The number of carboxylic acid groups (broad SMARTS) is 1. The molecule has 0 bridgehead atoms. The number of aryl methyl sites for hydroxylation is 1. The van der Waals surface area contributed by atoms with E-state index in [0.717, 1.165) is 14.1 Å². The Morgan fingerprint density at radius 1 is 1.45 bits per heavy atom. The van der Waals surface area contributed by atoms with E-state index < -0.39 is 10.9 Å². The van der Waals surface area contributed by atoms with Crippen LogP contribution in [0.5, 0.6) is 0 Å². The molecule has 20 heavy (non-hydrogen) atoms. The summed E-state index contributed by atoms with van der Waals surface area (Å²) < 4.78 is 0.729. The molecule has 1 heterocycles. The van der Waals surface area contributed by atoms with E-state index in [0.29, 0.717) is 5.69 Å². The van der Waals surface area contributed by atoms with E-state index in [2.05, 4.69) is 4.98 Å². The van der Waals surface area contributed by atoms with Gasteiger partial charge in [0.15, 0.2) is 4.34 Å². The van der Waals surface area contributed by atoms with E-state index in [9.17, 15) is 14.9 Å². The lowest BCUT2D eigenvalue weighted by Gasteiger charge is -1.96. The third kappa shape index (κ3) is 3.55. The van der Waals surface area contributed by atoms with E-state index in [1.165, 1.54) is 35.2 Å². The summed E-state index contributed by atoms with van der Waals surface area (Å²) in [6, 6.07) is 6.16. The van der Waals surface area contributed by atoms with Gasteiger partial charge in [-0.1, -0.05) is 11.8 Å². The standard InChI is InChI=1S/C12H10N2O4S2/c1-7-10(6-11(15)16)20-12(13-7)19-9-4-2-8(3-5-9)14(17)18/h2-5H,6H2,1H3,(H,15,16). The number of aromatic nitrogens is 1. The fraction of sp³-hybridized carbons (Fsp3) is 0.167. The van der Waals surface area contributed by atoms with E-state index in [1.807, 2.05) is 0 Å². The second-order valence-corrected chi connectivity index (χ2v) is 6.32. The lowest BCUT2D eigenvalue weighted by atomic mass is 10.3. The Labute approximate surface area is 122 Å². The number of hydrogen-bond acceptors (Lipinski definition) is 6. The zero-order valence-corrected chi connectivity index (χ0v) is 12.0. The number of carbonyl (C=O) groups is 1. The number of aliphatic carboxylic acids is 1. The van der Waals surface area contributed by atoms with E-state index >= 15 is 0 Å². The maximum atomic E-state index is 10.7. The molecule has 0 unspecified atom stereocenters. The van der Waals surface area contributed by atoms with Gasteiger partial charge in [0.1, 0.15) is 0 Å². The third-order valence-corrected chi connectivity index (χ3v) is 4.66. The number of benzene rings is 1. The van der Waals surface area contributed by atoms with Crippen molar-refractivity contribution in [3.05, 3.63) is 45.0 Å². The van der Waals surface area contributed by atoms with Crippen LogP contribution in [-0.2, 0) is 11.2 Å². The van der Waals surface area contributed by atoms with Gasteiger partial charge in [0.2, 0.25) is 0 Å². The first-order chi connectivity index (χ1) is 9.45. The minimum absolute atomic E-state index is 0.0374. The summed E-state index contributed by atoms with van der Waals surface area (Å²) in [6.07, 6.45) is -0.0374. The minimum atomic E-state index is -0.886. The number of nitrogens with zero attached hydrogens (tertiary/aromatic N) is 2. The molecule has 1 aromatic heterocycles. The van der Waals surface area contributed by atoms with Gasteiger partial charge in [-0.3, -0.25) is 14.9 Å². The Morgan fingerprint density at radius 3 is 2.65 bits per heavy atom. The van der Waals surface area contributed by atoms with Crippen LogP contribution in [-0.4, -0.2) is 21.0 Å². The number of non-ortho nitro benzene ring substituents is 1. The first-order valence-electron chi connectivity index (χ1n) is 5.56. The number of rotatable bonds is 5. The van der Waals surface area contributed by atoms with Crippen LogP contribution in [0.25, 0.3) is 0 Å². The first kappa shape index (κ1) is 14.5. The largest absolute Gasteiger partial charge is 0.481 e. The van der Waals surface area contributed by atoms with E-state index in [4.69, 9.17) is 5.11 Å². The van der Waals surface area contributed by atoms with Crippen LogP contribution in [0.2, 0.25) is 0 Å². The van der Waals surface area contributed by atoms with Gasteiger partial charge in [0.25, 0.3) is 5.69 Å². The van der Waals surface area contributed by atoms with Crippen molar-refractivity contribution in [1.29, 1.82) is 0 Å². The summed E-state index contributed by atoms with van der Waals surface area (Å²) in [4.78, 5) is 26.7. The molecule has 0 aliphatic carbocycles. The van der Waals surface area contributed by atoms with E-state index in [-0.39, 0.29) is 12.1 Å². The lowest BCUT2D eigenvalue weighted by molar-refractivity contribution is -0.384. The summed E-state index contributed by atoms with van der Waals surface area (Å²) >= 11 is 2.69. The Kier molecular flexibility index (Phi) is 4.35. The summed E-state index contributed by atoms with van der Waals surface area (Å²) in [5.74, 6) is -0.886. The average Bonchev–Trinajstić information content (AvgIpc) is 2.69. The van der Waals surface area contributed by atoms with Gasteiger partial charge < -0.3 is 5.11 Å². The molecular weight excluding hydrogens is 300 g/mol. The Bertz CT molecular complexity index is 652. The van der Waals surface area contributed by atoms with E-state index in [1.54, 1.807) is 19.1 Å².